The molecule has 1 aliphatic heterocycles. The fourth-order valence-corrected chi connectivity index (χ4v) is 3.22. The number of fused-ring (bicyclic) bond motifs is 1. The van der Waals surface area contributed by atoms with Crippen molar-refractivity contribution in [1.29, 1.82) is 0 Å². The lowest BCUT2D eigenvalue weighted by molar-refractivity contribution is -0.121. The van der Waals surface area contributed by atoms with Crippen LogP contribution in [0.15, 0.2) is 30.1 Å². The van der Waals surface area contributed by atoms with Gasteiger partial charge in [0.2, 0.25) is 5.91 Å². The Labute approximate surface area is 164 Å². The van der Waals surface area contributed by atoms with E-state index in [4.69, 9.17) is 4.74 Å². The van der Waals surface area contributed by atoms with E-state index in [0.29, 0.717) is 42.6 Å². The number of rotatable bonds is 9. The molecule has 0 saturated heterocycles. The normalized spacial score (nSPS) is 14.6. The third-order valence-electron chi connectivity index (χ3n) is 4.41. The Bertz CT molecular complexity index is 867. The summed E-state index contributed by atoms with van der Waals surface area (Å²) in [5, 5.41) is 2.51. The number of benzene rings is 1. The number of carbonyl (C=O) groups is 2. The lowest BCUT2D eigenvalue weighted by Gasteiger charge is -2.28. The first kappa shape index (κ1) is 21.9. The molecule has 0 unspecified atom stereocenters. The summed E-state index contributed by atoms with van der Waals surface area (Å²) in [6.45, 7) is 2.26. The topological polar surface area (TPSA) is 92.8 Å². The Morgan fingerprint density at radius 1 is 1.39 bits per heavy atom. The van der Waals surface area contributed by atoms with Gasteiger partial charge in [-0.3, -0.25) is 9.59 Å². The molecular weight excluding hydrogens is 387 g/mol. The van der Waals surface area contributed by atoms with E-state index in [-0.39, 0.29) is 31.4 Å². The first-order valence-corrected chi connectivity index (χ1v) is 11.1. The summed E-state index contributed by atoms with van der Waals surface area (Å²) in [4.78, 5) is 26.0. The summed E-state index contributed by atoms with van der Waals surface area (Å²) in [5.41, 5.74) is 1.86. The quantitative estimate of drug-likeness (QED) is 0.663. The predicted octanol–water partition coefficient (Wildman–Crippen LogP) is 1.49. The summed E-state index contributed by atoms with van der Waals surface area (Å²) in [6.07, 6.45) is 2.76. The Morgan fingerprint density at radius 2 is 2.14 bits per heavy atom. The highest BCUT2D eigenvalue weighted by atomic mass is 32.2. The van der Waals surface area contributed by atoms with Gasteiger partial charge in [-0.05, 0) is 42.2 Å². The summed E-state index contributed by atoms with van der Waals surface area (Å²) in [5.74, 6) is -0.240. The largest absolute Gasteiger partial charge is 0.489 e. The van der Waals surface area contributed by atoms with E-state index < -0.39 is 15.7 Å². The van der Waals surface area contributed by atoms with E-state index in [1.165, 1.54) is 4.90 Å². The molecule has 154 valence electrons. The van der Waals surface area contributed by atoms with E-state index >= 15 is 0 Å². The molecule has 0 atom stereocenters. The molecule has 1 aliphatic rings. The second-order valence-electron chi connectivity index (χ2n) is 6.69. The van der Waals surface area contributed by atoms with Crippen LogP contribution in [-0.4, -0.2) is 63.4 Å². The first-order valence-electron chi connectivity index (χ1n) is 9.01. The van der Waals surface area contributed by atoms with Crippen LogP contribution >= 0.6 is 0 Å². The zero-order chi connectivity index (χ0) is 20.7. The predicted molar refractivity (Wildman–Crippen MR) is 104 cm³/mol. The lowest BCUT2D eigenvalue weighted by Crippen LogP contribution is -2.44. The average molecular weight is 412 g/mol. The van der Waals surface area contributed by atoms with Crippen molar-refractivity contribution in [2.75, 3.05) is 38.2 Å². The highest BCUT2D eigenvalue weighted by Crippen LogP contribution is 2.24. The van der Waals surface area contributed by atoms with E-state index in [1.54, 1.807) is 18.2 Å². The lowest BCUT2D eigenvalue weighted by atomic mass is 9.98. The summed E-state index contributed by atoms with van der Waals surface area (Å²) < 4.78 is 40.4. The minimum atomic E-state index is -3.15. The monoisotopic (exact) mass is 412 g/mol. The van der Waals surface area contributed by atoms with Gasteiger partial charge in [0.25, 0.3) is 5.91 Å². The number of sulfone groups is 1. The number of hydrogen-bond acceptors (Lipinski definition) is 5. The van der Waals surface area contributed by atoms with Crippen molar-refractivity contribution in [2.45, 2.75) is 19.8 Å². The molecule has 7 nitrogen and oxygen atoms in total. The maximum absolute atomic E-state index is 12.6. The van der Waals surface area contributed by atoms with Crippen LogP contribution in [0.25, 0.3) is 0 Å². The van der Waals surface area contributed by atoms with Crippen molar-refractivity contribution in [3.05, 3.63) is 41.2 Å². The van der Waals surface area contributed by atoms with Crippen LogP contribution in [0.1, 0.15) is 29.3 Å². The standard InChI is InChI=1S/C19H25FN2O5S/c1-3-14(11-20)13-27-16-4-5-17-15(10-16)6-8-22(19(17)24)12-18(23)21-7-9-28(2,25)26/h4-5,10-11H,3,6-9,12-13H2,1-2H3,(H,21,23). The highest BCUT2D eigenvalue weighted by Gasteiger charge is 2.26. The van der Waals surface area contributed by atoms with Crippen molar-refractivity contribution < 1.29 is 27.1 Å². The second kappa shape index (κ2) is 9.68. The molecule has 0 fully saturated rings. The van der Waals surface area contributed by atoms with Gasteiger partial charge in [-0.15, -0.1) is 0 Å². The van der Waals surface area contributed by atoms with Crippen LogP contribution in [0.2, 0.25) is 0 Å². The Kier molecular flexibility index (Phi) is 7.56. The molecule has 0 spiro atoms. The van der Waals surface area contributed by atoms with Crippen molar-refractivity contribution in [3.63, 3.8) is 0 Å². The van der Waals surface area contributed by atoms with E-state index in [1.807, 2.05) is 6.92 Å². The molecule has 1 aromatic rings. The highest BCUT2D eigenvalue weighted by molar-refractivity contribution is 7.90. The fourth-order valence-electron chi connectivity index (χ4n) is 2.75. The SMILES string of the molecule is CCC(=CF)COc1ccc2c(c1)CCN(CC(=O)NCCS(C)(=O)=O)C2=O. The molecule has 0 aromatic heterocycles. The van der Waals surface area contributed by atoms with Crippen LogP contribution in [0.3, 0.4) is 0 Å². The molecular formula is C19H25FN2O5S. The Balaban J connectivity index is 1.94. The molecule has 0 aliphatic carbocycles. The molecule has 28 heavy (non-hydrogen) atoms. The molecule has 1 N–H and O–H groups in total. The maximum Gasteiger partial charge on any atom is 0.254 e. The number of amides is 2. The maximum atomic E-state index is 12.6. The molecule has 1 aromatic carbocycles. The summed E-state index contributed by atoms with van der Waals surface area (Å²) in [7, 11) is -3.15. The van der Waals surface area contributed by atoms with Crippen molar-refractivity contribution in [2.24, 2.45) is 0 Å². The number of halogens is 1. The van der Waals surface area contributed by atoms with Gasteiger partial charge in [0.05, 0.1) is 18.6 Å². The summed E-state index contributed by atoms with van der Waals surface area (Å²) >= 11 is 0. The molecule has 2 amide bonds. The number of nitrogens with zero attached hydrogens (tertiary/aromatic N) is 1. The van der Waals surface area contributed by atoms with Gasteiger partial charge in [-0.2, -0.15) is 0 Å². The third kappa shape index (κ3) is 6.33. The smallest absolute Gasteiger partial charge is 0.254 e. The minimum Gasteiger partial charge on any atom is -0.489 e. The van der Waals surface area contributed by atoms with Gasteiger partial charge >= 0.3 is 0 Å². The van der Waals surface area contributed by atoms with Crippen molar-refractivity contribution in [1.82, 2.24) is 10.2 Å². The molecule has 9 heteroatoms. The van der Waals surface area contributed by atoms with Gasteiger partial charge in [0.1, 0.15) is 22.2 Å². The van der Waals surface area contributed by atoms with E-state index in [0.717, 1.165) is 11.8 Å². The zero-order valence-corrected chi connectivity index (χ0v) is 16.9. The van der Waals surface area contributed by atoms with Gasteiger partial charge in [-0.25, -0.2) is 12.8 Å². The molecule has 1 heterocycles. The number of hydrogen-bond donors (Lipinski definition) is 1. The summed E-state index contributed by atoms with van der Waals surface area (Å²) in [6, 6.07) is 5.06. The molecule has 0 bridgehead atoms. The second-order valence-corrected chi connectivity index (χ2v) is 8.94. The molecule has 0 saturated carbocycles. The molecule has 0 radical (unpaired) electrons. The van der Waals surface area contributed by atoms with Crippen LogP contribution in [0.5, 0.6) is 5.75 Å². The van der Waals surface area contributed by atoms with Gasteiger partial charge in [0.15, 0.2) is 0 Å². The Hall–Kier alpha value is -2.42. The van der Waals surface area contributed by atoms with Gasteiger partial charge < -0.3 is 15.0 Å². The minimum absolute atomic E-state index is 0.0179. The van der Waals surface area contributed by atoms with Crippen molar-refractivity contribution in [3.8, 4) is 5.75 Å². The number of nitrogens with one attached hydrogen (secondary N) is 1. The first-order chi connectivity index (χ1) is 13.2. The van der Waals surface area contributed by atoms with Gasteiger partial charge in [0, 0.05) is 24.9 Å². The van der Waals surface area contributed by atoms with Crippen LogP contribution in [-0.2, 0) is 21.1 Å². The fraction of sp³-hybridized carbons (Fsp3) is 0.474. The third-order valence-corrected chi connectivity index (χ3v) is 5.35. The van der Waals surface area contributed by atoms with Gasteiger partial charge in [-0.1, -0.05) is 6.92 Å². The Morgan fingerprint density at radius 3 is 2.79 bits per heavy atom. The van der Waals surface area contributed by atoms with E-state index in [9.17, 15) is 22.4 Å². The van der Waals surface area contributed by atoms with Crippen LogP contribution in [0.4, 0.5) is 4.39 Å². The average Bonchev–Trinajstić information content (AvgIpc) is 2.64. The van der Waals surface area contributed by atoms with E-state index in [2.05, 4.69) is 5.32 Å². The molecule has 2 rings (SSSR count). The van der Waals surface area contributed by atoms with Crippen molar-refractivity contribution >= 4 is 21.7 Å². The van der Waals surface area contributed by atoms with Crippen LogP contribution in [0, 0.1) is 0 Å². The number of carbonyl (C=O) groups excluding carboxylic acids is 2. The number of ether oxygens (including phenoxy) is 1. The van der Waals surface area contributed by atoms with Crippen LogP contribution < -0.4 is 10.1 Å². The zero-order valence-electron chi connectivity index (χ0n) is 16.0.